The van der Waals surface area contributed by atoms with Crippen molar-refractivity contribution in [1.82, 2.24) is 9.55 Å². The van der Waals surface area contributed by atoms with Crippen LogP contribution >= 0.6 is 35.2 Å². The summed E-state index contributed by atoms with van der Waals surface area (Å²) in [5.74, 6) is 0. The number of halogens is 2. The molecule has 1 fully saturated rings. The number of hydrogen-bond acceptors (Lipinski definition) is 14. The normalized spacial score (nSPS) is 25.5. The second-order valence-corrected chi connectivity index (χ2v) is 11.6. The number of H-pyrrole nitrogens is 1. The third-order valence-electron chi connectivity index (χ3n) is 3.73. The SMILES string of the molecule is O=c1[nH]c(=S)ccn1C1O[C@H](COP(=O)([O-])OP(=O)([O-])C(F)(F)P(=O)([O-])[O-])[C@@H](O)[C@H]1O.[Na+].[Na+].[Na+].[Na+]. The molecule has 1 aliphatic heterocycles. The first-order valence-corrected chi connectivity index (χ1v) is 12.6. The van der Waals surface area contributed by atoms with Crippen LogP contribution in [0.5, 0.6) is 0 Å². The molecule has 0 aliphatic carbocycles. The van der Waals surface area contributed by atoms with E-state index >= 15 is 0 Å². The molecule has 3 N–H and O–H groups in total. The van der Waals surface area contributed by atoms with Gasteiger partial charge in [0.15, 0.2) is 6.23 Å². The van der Waals surface area contributed by atoms with Crippen LogP contribution < -0.4 is 143 Å². The Balaban J connectivity index is -0.00000256. The Morgan fingerprint density at radius 1 is 1.11 bits per heavy atom. The van der Waals surface area contributed by atoms with Crippen molar-refractivity contribution in [3.05, 3.63) is 27.4 Å². The van der Waals surface area contributed by atoms with Crippen LogP contribution in [0.3, 0.4) is 0 Å². The maximum Gasteiger partial charge on any atom is 1.00 e. The molecule has 1 saturated heterocycles. The second-order valence-electron chi connectivity index (χ2n) is 5.89. The monoisotopic (exact) mass is 622 g/mol. The molecule has 3 unspecified atom stereocenters. The zero-order valence-corrected chi connectivity index (χ0v) is 30.0. The van der Waals surface area contributed by atoms with Crippen molar-refractivity contribution in [3.8, 4) is 0 Å². The molecular formula is C10H11F2N2Na4O13P3S. The quantitative estimate of drug-likeness (QED) is 0.138. The van der Waals surface area contributed by atoms with Crippen molar-refractivity contribution >= 4 is 35.2 Å². The average Bonchev–Trinajstić information content (AvgIpc) is 2.86. The van der Waals surface area contributed by atoms with Gasteiger partial charge in [-0.1, -0.05) is 12.2 Å². The van der Waals surface area contributed by atoms with Crippen molar-refractivity contribution < 1.29 is 184 Å². The second kappa shape index (κ2) is 16.1. The number of ether oxygens (including phenoxy) is 1. The van der Waals surface area contributed by atoms with Crippen molar-refractivity contribution in [2.45, 2.75) is 29.9 Å². The standard InChI is InChI=1S/C10H15F2N2O13P3S.4Na/c11-10(12,28(18,19)20)29(21,22)27-30(23,24)25-3-4-6(15)7(16)8(26-4)14-2-1-5(31)13-9(14)17;;;;/h1-2,4,6-8,15-16H,3H2,(H,21,22)(H,23,24)(H,13,17,31)(H2,18,19,20);;;;/q;4*+1/p-4/t4-,6-,7-,8?;;;;/m1..../s1. The first-order valence-electron chi connectivity index (χ1n) is 7.61. The number of aromatic nitrogens is 2. The Hall–Kier alpha value is 3.29. The Morgan fingerprint density at radius 2 is 1.63 bits per heavy atom. The van der Waals surface area contributed by atoms with Crippen LogP contribution in [0.25, 0.3) is 0 Å². The van der Waals surface area contributed by atoms with E-state index in [1.165, 1.54) is 6.07 Å². The van der Waals surface area contributed by atoms with E-state index < -0.39 is 65.3 Å². The van der Waals surface area contributed by atoms with Crippen molar-refractivity contribution in [3.63, 3.8) is 0 Å². The molecule has 2 heterocycles. The van der Waals surface area contributed by atoms with Crippen LogP contribution in [0, 0.1) is 4.64 Å². The summed E-state index contributed by atoms with van der Waals surface area (Å²) in [7, 11) is -20.6. The Bertz CT molecular complexity index is 1110. The Morgan fingerprint density at radius 3 is 2.09 bits per heavy atom. The summed E-state index contributed by atoms with van der Waals surface area (Å²) >= 11 is 4.70. The van der Waals surface area contributed by atoms with Gasteiger partial charge in [-0.2, -0.15) is 8.78 Å². The number of alkyl halides is 2. The number of aliphatic hydroxyl groups is 2. The van der Waals surface area contributed by atoms with E-state index in [0.717, 1.165) is 10.8 Å². The number of hydrogen-bond donors (Lipinski definition) is 3. The summed E-state index contributed by atoms with van der Waals surface area (Å²) in [6, 6.07) is 1.21. The van der Waals surface area contributed by atoms with Gasteiger partial charge >= 0.3 is 129 Å². The van der Waals surface area contributed by atoms with Gasteiger partial charge in [0.05, 0.1) is 6.61 Å². The first kappa shape index (κ1) is 42.8. The first-order chi connectivity index (χ1) is 13.9. The van der Waals surface area contributed by atoms with E-state index in [-0.39, 0.29) is 123 Å². The van der Waals surface area contributed by atoms with Gasteiger partial charge in [0.1, 0.15) is 23.0 Å². The molecule has 1 aromatic rings. The molecule has 35 heavy (non-hydrogen) atoms. The molecule has 0 bridgehead atoms. The zero-order valence-electron chi connectivity index (χ0n) is 18.5. The van der Waals surface area contributed by atoms with Gasteiger partial charge in [0.2, 0.25) is 7.60 Å². The van der Waals surface area contributed by atoms with Gasteiger partial charge in [-0.05, 0) is 6.07 Å². The van der Waals surface area contributed by atoms with E-state index in [2.05, 4.69) is 13.8 Å². The molecular weight excluding hydrogens is 611 g/mol. The molecule has 1 aliphatic rings. The summed E-state index contributed by atoms with van der Waals surface area (Å²) in [6.45, 7) is -1.33. The molecule has 2 rings (SSSR count). The summed E-state index contributed by atoms with van der Waals surface area (Å²) in [5, 5.41) is 13.8. The Labute approximate surface area is 288 Å². The third kappa shape index (κ3) is 10.6. The molecule has 25 heteroatoms. The van der Waals surface area contributed by atoms with Gasteiger partial charge < -0.3 is 48.2 Å². The summed E-state index contributed by atoms with van der Waals surface area (Å²) in [6.07, 6.45) is -6.07. The van der Waals surface area contributed by atoms with E-state index in [9.17, 15) is 57.1 Å². The van der Waals surface area contributed by atoms with Crippen molar-refractivity contribution in [2.75, 3.05) is 6.61 Å². The van der Waals surface area contributed by atoms with Gasteiger partial charge in [0.25, 0.3) is 7.82 Å². The molecule has 0 radical (unpaired) electrons. The summed E-state index contributed by atoms with van der Waals surface area (Å²) in [4.78, 5) is 57.5. The van der Waals surface area contributed by atoms with Crippen LogP contribution in [0.2, 0.25) is 0 Å². The molecule has 0 saturated carbocycles. The predicted octanol–water partition coefficient (Wildman–Crippen LogP) is -14.9. The number of rotatable bonds is 8. The van der Waals surface area contributed by atoms with Gasteiger partial charge in [-0.3, -0.25) is 18.4 Å². The Kier molecular flexibility index (Phi) is 19.6. The number of phosphoric ester groups is 1. The molecule has 1 aromatic heterocycles. The van der Waals surface area contributed by atoms with Gasteiger partial charge in [-0.25, -0.2) is 4.79 Å². The predicted molar refractivity (Wildman–Crippen MR) is 86.6 cm³/mol. The number of aliphatic hydroxyl groups excluding tert-OH is 2. The van der Waals surface area contributed by atoms with Crippen LogP contribution in [0.4, 0.5) is 8.78 Å². The minimum absolute atomic E-state index is 0. The van der Waals surface area contributed by atoms with Crippen LogP contribution in [0.1, 0.15) is 6.23 Å². The van der Waals surface area contributed by atoms with Gasteiger partial charge in [-0.15, -0.1) is 0 Å². The molecule has 6 atom stereocenters. The fourth-order valence-corrected chi connectivity index (χ4v) is 5.88. The van der Waals surface area contributed by atoms with Crippen LogP contribution in [-0.2, 0) is 27.3 Å². The molecule has 0 spiro atoms. The molecule has 178 valence electrons. The van der Waals surface area contributed by atoms with E-state index in [1.807, 2.05) is 0 Å². The van der Waals surface area contributed by atoms with Crippen molar-refractivity contribution in [1.29, 1.82) is 0 Å². The maximum atomic E-state index is 13.2. The third-order valence-corrected chi connectivity index (χ3v) is 8.88. The summed E-state index contributed by atoms with van der Waals surface area (Å²) in [5.41, 5.74) is -0.891. The number of nitrogens with zero attached hydrogens (tertiary/aromatic N) is 1. The largest absolute Gasteiger partial charge is 1.00 e. The number of aromatic amines is 1. The van der Waals surface area contributed by atoms with Crippen LogP contribution in [0.15, 0.2) is 17.1 Å². The van der Waals surface area contributed by atoms with Gasteiger partial charge in [0, 0.05) is 13.8 Å². The fourth-order valence-electron chi connectivity index (χ4n) is 2.24. The van der Waals surface area contributed by atoms with Crippen LogP contribution in [-0.4, -0.2) is 50.1 Å². The molecule has 0 amide bonds. The topological polar surface area (TPSA) is 249 Å². The van der Waals surface area contributed by atoms with E-state index in [4.69, 9.17) is 17.0 Å². The average molecular weight is 622 g/mol. The zero-order chi connectivity index (χ0) is 24.0. The molecule has 0 aromatic carbocycles. The van der Waals surface area contributed by atoms with E-state index in [1.54, 1.807) is 0 Å². The minimum Gasteiger partial charge on any atom is -0.806 e. The smallest absolute Gasteiger partial charge is 0.806 e. The number of phosphoric acid groups is 1. The molecule has 15 nitrogen and oxygen atoms in total. The van der Waals surface area contributed by atoms with E-state index in [0.29, 0.717) is 0 Å². The summed E-state index contributed by atoms with van der Waals surface area (Å²) < 4.78 is 72.2. The minimum atomic E-state index is -7.18. The number of nitrogens with one attached hydrogen (secondary N) is 1. The maximum absolute atomic E-state index is 13.2. The fraction of sp³-hybridized carbons (Fsp3) is 0.600. The van der Waals surface area contributed by atoms with Crippen molar-refractivity contribution in [2.24, 2.45) is 0 Å².